The Labute approximate surface area is 121 Å². The van der Waals surface area contributed by atoms with Crippen molar-refractivity contribution in [3.8, 4) is 0 Å². The van der Waals surface area contributed by atoms with Crippen LogP contribution in [0.5, 0.6) is 0 Å². The van der Waals surface area contributed by atoms with Gasteiger partial charge in [0.1, 0.15) is 0 Å². The summed E-state index contributed by atoms with van der Waals surface area (Å²) < 4.78 is 0. The van der Waals surface area contributed by atoms with Crippen molar-refractivity contribution < 1.29 is 0 Å². The number of nitrogens with zero attached hydrogens (tertiary/aromatic N) is 2. The summed E-state index contributed by atoms with van der Waals surface area (Å²) in [4.78, 5) is 6.54. The molecular weight excluding hydrogens is 244 g/mol. The average molecular weight is 266 g/mol. The lowest BCUT2D eigenvalue weighted by molar-refractivity contribution is 0.305. The Hall–Kier alpha value is -1.67. The molecular formula is C18H22N2. The number of benzene rings is 1. The molecule has 1 saturated carbocycles. The number of likely N-dealkylation sites (N-methyl/N-ethyl adjacent to an activating group) is 1. The van der Waals surface area contributed by atoms with Crippen LogP contribution < -0.4 is 0 Å². The minimum absolute atomic E-state index is 0.425. The van der Waals surface area contributed by atoms with E-state index < -0.39 is 0 Å². The van der Waals surface area contributed by atoms with Gasteiger partial charge in [-0.15, -0.1) is 0 Å². The van der Waals surface area contributed by atoms with Crippen molar-refractivity contribution in [2.75, 3.05) is 20.1 Å². The highest BCUT2D eigenvalue weighted by Gasteiger charge is 2.44. The third-order valence-corrected chi connectivity index (χ3v) is 4.34. The van der Waals surface area contributed by atoms with Crippen LogP contribution in [0.1, 0.15) is 24.0 Å². The van der Waals surface area contributed by atoms with Gasteiger partial charge >= 0.3 is 0 Å². The van der Waals surface area contributed by atoms with E-state index in [1.807, 2.05) is 12.4 Å². The van der Waals surface area contributed by atoms with Crippen LogP contribution in [0.15, 0.2) is 54.9 Å². The first-order valence-electron chi connectivity index (χ1n) is 7.41. The van der Waals surface area contributed by atoms with Crippen LogP contribution in [-0.2, 0) is 11.8 Å². The van der Waals surface area contributed by atoms with Crippen LogP contribution in [0, 0.1) is 0 Å². The smallest absolute Gasteiger partial charge is 0.0270 e. The molecule has 0 spiro atoms. The fraction of sp³-hybridized carbons (Fsp3) is 0.389. The van der Waals surface area contributed by atoms with E-state index >= 15 is 0 Å². The number of hydrogen-bond acceptors (Lipinski definition) is 2. The standard InChI is InChI=1S/C18H22N2/c1-20(14-9-16-7-12-19-13-8-16)15-18(10-11-18)17-5-3-2-4-6-17/h2-8,12-13H,9-11,14-15H2,1H3. The van der Waals surface area contributed by atoms with Gasteiger partial charge < -0.3 is 4.90 Å². The maximum Gasteiger partial charge on any atom is 0.0270 e. The molecule has 0 unspecified atom stereocenters. The van der Waals surface area contributed by atoms with Gasteiger partial charge in [-0.25, -0.2) is 0 Å². The van der Waals surface area contributed by atoms with Crippen molar-refractivity contribution in [3.05, 3.63) is 66.0 Å². The predicted molar refractivity (Wildman–Crippen MR) is 82.8 cm³/mol. The average Bonchev–Trinajstić information content (AvgIpc) is 3.28. The second kappa shape index (κ2) is 5.76. The summed E-state index contributed by atoms with van der Waals surface area (Å²) in [5.41, 5.74) is 3.31. The normalized spacial score (nSPS) is 16.3. The number of aromatic nitrogens is 1. The minimum Gasteiger partial charge on any atom is -0.305 e. The Morgan fingerprint density at radius 1 is 1.05 bits per heavy atom. The fourth-order valence-corrected chi connectivity index (χ4v) is 2.95. The van der Waals surface area contributed by atoms with E-state index in [4.69, 9.17) is 0 Å². The van der Waals surface area contributed by atoms with Crippen molar-refractivity contribution in [1.29, 1.82) is 0 Å². The molecule has 104 valence electrons. The largest absolute Gasteiger partial charge is 0.305 e. The van der Waals surface area contributed by atoms with E-state index in [1.54, 1.807) is 0 Å². The second-order valence-electron chi connectivity index (χ2n) is 5.99. The summed E-state index contributed by atoms with van der Waals surface area (Å²) in [6.45, 7) is 2.28. The van der Waals surface area contributed by atoms with Crippen molar-refractivity contribution in [2.45, 2.75) is 24.7 Å². The SMILES string of the molecule is CN(CCc1ccncc1)CC1(c2ccccc2)CC1. The zero-order valence-corrected chi connectivity index (χ0v) is 12.1. The van der Waals surface area contributed by atoms with E-state index in [9.17, 15) is 0 Å². The molecule has 1 heterocycles. The predicted octanol–water partition coefficient (Wildman–Crippen LogP) is 3.29. The molecule has 1 aliphatic rings. The van der Waals surface area contributed by atoms with Crippen LogP contribution in [-0.4, -0.2) is 30.0 Å². The third-order valence-electron chi connectivity index (χ3n) is 4.34. The Balaban J connectivity index is 1.56. The molecule has 0 amide bonds. The Bertz CT molecular complexity index is 532. The first-order chi connectivity index (χ1) is 9.78. The lowest BCUT2D eigenvalue weighted by atomic mass is 9.95. The van der Waals surface area contributed by atoms with Crippen LogP contribution >= 0.6 is 0 Å². The molecule has 20 heavy (non-hydrogen) atoms. The molecule has 1 aromatic heterocycles. The Morgan fingerprint density at radius 2 is 1.75 bits per heavy atom. The third kappa shape index (κ3) is 3.07. The van der Waals surface area contributed by atoms with E-state index in [0.29, 0.717) is 5.41 Å². The van der Waals surface area contributed by atoms with Crippen LogP contribution in [0.4, 0.5) is 0 Å². The van der Waals surface area contributed by atoms with Gasteiger partial charge in [-0.05, 0) is 49.6 Å². The van der Waals surface area contributed by atoms with Gasteiger partial charge in [0.25, 0.3) is 0 Å². The van der Waals surface area contributed by atoms with Crippen LogP contribution in [0.3, 0.4) is 0 Å². The summed E-state index contributed by atoms with van der Waals surface area (Å²) >= 11 is 0. The van der Waals surface area contributed by atoms with Gasteiger partial charge in [-0.2, -0.15) is 0 Å². The molecule has 2 nitrogen and oxygen atoms in total. The molecule has 2 aromatic rings. The van der Waals surface area contributed by atoms with Crippen molar-refractivity contribution in [3.63, 3.8) is 0 Å². The van der Waals surface area contributed by atoms with Crippen LogP contribution in [0.25, 0.3) is 0 Å². The summed E-state index contributed by atoms with van der Waals surface area (Å²) in [6.07, 6.45) is 7.51. The second-order valence-corrected chi connectivity index (χ2v) is 5.99. The first-order valence-corrected chi connectivity index (χ1v) is 7.41. The number of hydrogen-bond donors (Lipinski definition) is 0. The highest BCUT2D eigenvalue weighted by atomic mass is 15.1. The van der Waals surface area contributed by atoms with Gasteiger partial charge in [-0.1, -0.05) is 30.3 Å². The maximum absolute atomic E-state index is 4.07. The highest BCUT2D eigenvalue weighted by Crippen LogP contribution is 2.48. The van der Waals surface area contributed by atoms with E-state index in [2.05, 4.69) is 59.4 Å². The summed E-state index contributed by atoms with van der Waals surface area (Å²) in [5.74, 6) is 0. The minimum atomic E-state index is 0.425. The molecule has 1 aromatic carbocycles. The molecule has 0 N–H and O–H groups in total. The van der Waals surface area contributed by atoms with Gasteiger partial charge in [0.2, 0.25) is 0 Å². The monoisotopic (exact) mass is 266 g/mol. The van der Waals surface area contributed by atoms with E-state index in [1.165, 1.54) is 30.5 Å². The number of rotatable bonds is 6. The van der Waals surface area contributed by atoms with Crippen molar-refractivity contribution in [2.24, 2.45) is 0 Å². The van der Waals surface area contributed by atoms with Gasteiger partial charge in [0.05, 0.1) is 0 Å². The molecule has 1 fully saturated rings. The molecule has 0 atom stereocenters. The fourth-order valence-electron chi connectivity index (χ4n) is 2.95. The molecule has 0 saturated heterocycles. The quantitative estimate of drug-likeness (QED) is 0.797. The lowest BCUT2D eigenvalue weighted by Gasteiger charge is -2.24. The van der Waals surface area contributed by atoms with Gasteiger partial charge in [-0.3, -0.25) is 4.98 Å². The summed E-state index contributed by atoms with van der Waals surface area (Å²) in [7, 11) is 2.24. The lowest BCUT2D eigenvalue weighted by Crippen LogP contribution is -2.30. The van der Waals surface area contributed by atoms with E-state index in [0.717, 1.165) is 13.0 Å². The van der Waals surface area contributed by atoms with Gasteiger partial charge in [0.15, 0.2) is 0 Å². The molecule has 0 radical (unpaired) electrons. The Morgan fingerprint density at radius 3 is 2.40 bits per heavy atom. The molecule has 0 bridgehead atoms. The van der Waals surface area contributed by atoms with Crippen molar-refractivity contribution in [1.82, 2.24) is 9.88 Å². The maximum atomic E-state index is 4.07. The number of pyridine rings is 1. The zero-order valence-electron chi connectivity index (χ0n) is 12.1. The molecule has 0 aliphatic heterocycles. The van der Waals surface area contributed by atoms with Crippen molar-refractivity contribution >= 4 is 0 Å². The molecule has 2 heteroatoms. The molecule has 3 rings (SSSR count). The summed E-state index contributed by atoms with van der Waals surface area (Å²) in [5, 5.41) is 0. The topological polar surface area (TPSA) is 16.1 Å². The van der Waals surface area contributed by atoms with E-state index in [-0.39, 0.29) is 0 Å². The summed E-state index contributed by atoms with van der Waals surface area (Å²) in [6, 6.07) is 15.2. The van der Waals surface area contributed by atoms with Gasteiger partial charge in [0, 0.05) is 30.9 Å². The van der Waals surface area contributed by atoms with Crippen LogP contribution in [0.2, 0.25) is 0 Å². The first kappa shape index (κ1) is 13.3. The Kier molecular flexibility index (Phi) is 3.83. The molecule has 1 aliphatic carbocycles. The zero-order chi connectivity index (χ0) is 13.8. The highest BCUT2D eigenvalue weighted by molar-refractivity contribution is 5.31.